The second-order valence-electron chi connectivity index (χ2n) is 8.23. The maximum atomic E-state index is 13.7. The van der Waals surface area contributed by atoms with Crippen molar-refractivity contribution in [2.24, 2.45) is 0 Å². The summed E-state index contributed by atoms with van der Waals surface area (Å²) in [4.78, 5) is 18.3. The van der Waals surface area contributed by atoms with E-state index in [0.29, 0.717) is 24.7 Å². The topological polar surface area (TPSA) is 92.5 Å². The molecule has 2 heterocycles. The van der Waals surface area contributed by atoms with Gasteiger partial charge in [-0.2, -0.15) is 13.2 Å². The van der Waals surface area contributed by atoms with Gasteiger partial charge in [0.25, 0.3) is 5.91 Å². The van der Waals surface area contributed by atoms with Crippen molar-refractivity contribution < 1.29 is 22.7 Å². The van der Waals surface area contributed by atoms with Gasteiger partial charge in [0.05, 0.1) is 5.56 Å². The Labute approximate surface area is 201 Å². The SMILES string of the molecule is Nc1ccc(-c2ccc(OCC(=O)Nc3ccc(CN4CCNCC4)c(C(F)(F)F)c3)cc2)cn1. The van der Waals surface area contributed by atoms with Crippen molar-refractivity contribution in [1.29, 1.82) is 0 Å². The van der Waals surface area contributed by atoms with E-state index < -0.39 is 17.6 Å². The minimum atomic E-state index is -4.53. The highest BCUT2D eigenvalue weighted by Gasteiger charge is 2.34. The summed E-state index contributed by atoms with van der Waals surface area (Å²) in [5.41, 5.74) is 6.88. The number of piperazine rings is 1. The number of carbonyl (C=O) groups is 1. The molecule has 3 aromatic rings. The van der Waals surface area contributed by atoms with E-state index >= 15 is 0 Å². The Bertz CT molecular complexity index is 1150. The first kappa shape index (κ1) is 24.5. The van der Waals surface area contributed by atoms with Gasteiger partial charge in [0.2, 0.25) is 0 Å². The molecule has 0 radical (unpaired) electrons. The van der Waals surface area contributed by atoms with Crippen LogP contribution in [-0.4, -0.2) is 48.6 Å². The predicted octanol–water partition coefficient (Wildman–Crippen LogP) is 3.77. The number of amides is 1. The van der Waals surface area contributed by atoms with Crippen LogP contribution in [0.4, 0.5) is 24.7 Å². The van der Waals surface area contributed by atoms with Gasteiger partial charge in [-0.05, 0) is 47.5 Å². The molecule has 4 N–H and O–H groups in total. The van der Waals surface area contributed by atoms with Gasteiger partial charge in [-0.25, -0.2) is 4.98 Å². The van der Waals surface area contributed by atoms with Gasteiger partial charge in [0.15, 0.2) is 6.61 Å². The Hall–Kier alpha value is -3.63. The lowest BCUT2D eigenvalue weighted by atomic mass is 10.0. The number of nitrogens with one attached hydrogen (secondary N) is 2. The van der Waals surface area contributed by atoms with Crippen molar-refractivity contribution in [2.45, 2.75) is 12.7 Å². The number of aromatic nitrogens is 1. The van der Waals surface area contributed by atoms with E-state index in [2.05, 4.69) is 15.6 Å². The average molecular weight is 486 g/mol. The van der Waals surface area contributed by atoms with Gasteiger partial charge in [0.1, 0.15) is 11.6 Å². The fourth-order valence-electron chi connectivity index (χ4n) is 3.83. The monoisotopic (exact) mass is 485 g/mol. The predicted molar refractivity (Wildman–Crippen MR) is 128 cm³/mol. The van der Waals surface area contributed by atoms with Gasteiger partial charge >= 0.3 is 6.18 Å². The molecule has 1 aliphatic rings. The summed E-state index contributed by atoms with van der Waals surface area (Å²) in [5, 5.41) is 5.67. The summed E-state index contributed by atoms with van der Waals surface area (Å²) >= 11 is 0. The number of halogens is 3. The number of nitrogens with two attached hydrogens (primary N) is 1. The summed E-state index contributed by atoms with van der Waals surface area (Å²) in [6, 6.07) is 14.5. The van der Waals surface area contributed by atoms with Crippen molar-refractivity contribution in [3.63, 3.8) is 0 Å². The minimum absolute atomic E-state index is 0.0705. The van der Waals surface area contributed by atoms with Crippen LogP contribution in [-0.2, 0) is 17.5 Å². The highest BCUT2D eigenvalue weighted by atomic mass is 19.4. The molecular weight excluding hydrogens is 459 g/mol. The van der Waals surface area contributed by atoms with Crippen LogP contribution >= 0.6 is 0 Å². The third kappa shape index (κ3) is 6.71. The quantitative estimate of drug-likeness (QED) is 0.472. The number of hydrogen-bond acceptors (Lipinski definition) is 6. The summed E-state index contributed by atoms with van der Waals surface area (Å²) in [7, 11) is 0. The molecular formula is C25H26F3N5O2. The van der Waals surface area contributed by atoms with Crippen molar-refractivity contribution >= 4 is 17.4 Å². The number of carbonyl (C=O) groups excluding carboxylic acids is 1. The van der Waals surface area contributed by atoms with Crippen LogP contribution in [0.3, 0.4) is 0 Å². The maximum Gasteiger partial charge on any atom is 0.416 e. The Morgan fingerprint density at radius 1 is 1.06 bits per heavy atom. The zero-order chi connectivity index (χ0) is 24.8. The summed E-state index contributed by atoms with van der Waals surface area (Å²) in [6.45, 7) is 2.73. The lowest BCUT2D eigenvalue weighted by molar-refractivity contribution is -0.138. The van der Waals surface area contributed by atoms with Gasteiger partial charge in [-0.3, -0.25) is 9.69 Å². The summed E-state index contributed by atoms with van der Waals surface area (Å²) < 4.78 is 46.5. The average Bonchev–Trinajstić information content (AvgIpc) is 2.84. The number of nitrogens with zero attached hydrogens (tertiary/aromatic N) is 2. The molecule has 184 valence electrons. The highest BCUT2D eigenvalue weighted by molar-refractivity contribution is 5.92. The van der Waals surface area contributed by atoms with E-state index in [1.165, 1.54) is 12.1 Å². The molecule has 10 heteroatoms. The second kappa shape index (κ2) is 10.7. The van der Waals surface area contributed by atoms with Crippen molar-refractivity contribution in [1.82, 2.24) is 15.2 Å². The van der Waals surface area contributed by atoms with Crippen LogP contribution in [0.5, 0.6) is 5.75 Å². The third-order valence-electron chi connectivity index (χ3n) is 5.65. The summed E-state index contributed by atoms with van der Waals surface area (Å²) in [6.07, 6.45) is -2.87. The molecule has 35 heavy (non-hydrogen) atoms. The van der Waals surface area contributed by atoms with Gasteiger partial charge in [-0.1, -0.05) is 18.2 Å². The minimum Gasteiger partial charge on any atom is -0.484 e. The molecule has 1 aliphatic heterocycles. The van der Waals surface area contributed by atoms with Crippen LogP contribution in [0, 0.1) is 0 Å². The van der Waals surface area contributed by atoms with Crippen LogP contribution in [0.15, 0.2) is 60.8 Å². The molecule has 0 saturated carbocycles. The van der Waals surface area contributed by atoms with Gasteiger partial charge < -0.3 is 21.1 Å². The Kier molecular flexibility index (Phi) is 7.52. The zero-order valence-corrected chi connectivity index (χ0v) is 18.9. The molecule has 1 aromatic heterocycles. The Morgan fingerprint density at radius 2 is 1.77 bits per heavy atom. The lowest BCUT2D eigenvalue weighted by Gasteiger charge is -2.28. The van der Waals surface area contributed by atoms with Gasteiger partial charge in [0, 0.05) is 50.2 Å². The first-order valence-corrected chi connectivity index (χ1v) is 11.2. The number of anilines is 2. The second-order valence-corrected chi connectivity index (χ2v) is 8.23. The highest BCUT2D eigenvalue weighted by Crippen LogP contribution is 2.34. The van der Waals surface area contributed by atoms with Crippen LogP contribution in [0.25, 0.3) is 11.1 Å². The molecule has 2 aromatic carbocycles. The number of nitrogen functional groups attached to an aromatic ring is 1. The third-order valence-corrected chi connectivity index (χ3v) is 5.65. The smallest absolute Gasteiger partial charge is 0.416 e. The number of benzene rings is 2. The molecule has 0 unspecified atom stereocenters. The molecule has 7 nitrogen and oxygen atoms in total. The van der Waals surface area contributed by atoms with E-state index in [-0.39, 0.29) is 24.4 Å². The van der Waals surface area contributed by atoms with E-state index in [4.69, 9.17) is 10.5 Å². The van der Waals surface area contributed by atoms with E-state index in [1.807, 2.05) is 23.1 Å². The molecule has 0 spiro atoms. The number of rotatable bonds is 7. The fourth-order valence-corrected chi connectivity index (χ4v) is 3.83. The Balaban J connectivity index is 1.36. The van der Waals surface area contributed by atoms with Crippen LogP contribution in [0.2, 0.25) is 0 Å². The maximum absolute atomic E-state index is 13.7. The molecule has 0 atom stereocenters. The largest absolute Gasteiger partial charge is 0.484 e. The number of ether oxygens (including phenoxy) is 1. The molecule has 0 bridgehead atoms. The molecule has 1 saturated heterocycles. The van der Waals surface area contributed by atoms with Crippen molar-refractivity contribution in [2.75, 3.05) is 43.8 Å². The first-order valence-electron chi connectivity index (χ1n) is 11.2. The van der Waals surface area contributed by atoms with Crippen molar-refractivity contribution in [3.05, 3.63) is 71.9 Å². The molecule has 1 fully saturated rings. The number of alkyl halides is 3. The fraction of sp³-hybridized carbons (Fsp3) is 0.280. The lowest BCUT2D eigenvalue weighted by Crippen LogP contribution is -2.43. The number of pyridine rings is 1. The standard InChI is InChI=1S/C25H26F3N5O2/c26-25(27,28)22-13-20(5-1-19(22)15-33-11-9-30-10-12-33)32-24(34)16-35-21-6-2-17(3-7-21)18-4-8-23(29)31-14-18/h1-8,13-14,30H,9-12,15-16H2,(H2,29,31)(H,32,34). The Morgan fingerprint density at radius 3 is 2.43 bits per heavy atom. The van der Waals surface area contributed by atoms with Crippen LogP contribution in [0.1, 0.15) is 11.1 Å². The normalized spacial score (nSPS) is 14.5. The molecule has 1 amide bonds. The van der Waals surface area contributed by atoms with E-state index in [1.54, 1.807) is 24.4 Å². The summed E-state index contributed by atoms with van der Waals surface area (Å²) in [5.74, 6) is 0.325. The van der Waals surface area contributed by atoms with Crippen LogP contribution < -0.4 is 21.1 Å². The molecule has 4 rings (SSSR count). The molecule has 0 aliphatic carbocycles. The van der Waals surface area contributed by atoms with Crippen molar-refractivity contribution in [3.8, 4) is 16.9 Å². The van der Waals surface area contributed by atoms with Gasteiger partial charge in [-0.15, -0.1) is 0 Å². The first-order chi connectivity index (χ1) is 16.8. The number of hydrogen-bond donors (Lipinski definition) is 3. The van der Waals surface area contributed by atoms with E-state index in [0.717, 1.165) is 30.3 Å². The zero-order valence-electron chi connectivity index (χ0n) is 18.9. The van der Waals surface area contributed by atoms with E-state index in [9.17, 15) is 18.0 Å².